The van der Waals surface area contributed by atoms with Crippen LogP contribution in [0.3, 0.4) is 0 Å². The van der Waals surface area contributed by atoms with Crippen molar-refractivity contribution in [1.82, 2.24) is 19.8 Å². The molecule has 6 rings (SSSR count). The third-order valence-corrected chi connectivity index (χ3v) is 7.65. The second kappa shape index (κ2) is 11.2. The van der Waals surface area contributed by atoms with Gasteiger partial charge in [-0.25, -0.2) is 4.98 Å². The van der Waals surface area contributed by atoms with Gasteiger partial charge in [-0.05, 0) is 72.4 Å². The van der Waals surface area contributed by atoms with E-state index in [1.807, 2.05) is 59.3 Å². The van der Waals surface area contributed by atoms with E-state index in [-0.39, 0.29) is 17.9 Å². The third-order valence-electron chi connectivity index (χ3n) is 7.65. The van der Waals surface area contributed by atoms with Crippen molar-refractivity contribution in [2.45, 2.75) is 50.8 Å². The quantitative estimate of drug-likeness (QED) is 0.382. The van der Waals surface area contributed by atoms with Crippen LogP contribution in [0.5, 0.6) is 5.75 Å². The van der Waals surface area contributed by atoms with Gasteiger partial charge in [0, 0.05) is 49.6 Å². The van der Waals surface area contributed by atoms with E-state index in [0.717, 1.165) is 42.7 Å². The van der Waals surface area contributed by atoms with Crippen molar-refractivity contribution in [3.8, 4) is 11.4 Å². The number of aromatic nitrogens is 2. The fraction of sp³-hybridized carbons (Fsp3) is 0.281. The lowest BCUT2D eigenvalue weighted by molar-refractivity contribution is -0.125. The summed E-state index contributed by atoms with van der Waals surface area (Å²) in [5, 5.41) is 2.99. The van der Waals surface area contributed by atoms with Gasteiger partial charge < -0.3 is 19.5 Å². The maximum Gasteiger partial charge on any atom is 0.254 e. The average molecular weight is 521 g/mol. The smallest absolute Gasteiger partial charge is 0.254 e. The zero-order valence-electron chi connectivity index (χ0n) is 21.8. The van der Waals surface area contributed by atoms with E-state index in [0.29, 0.717) is 25.1 Å². The van der Waals surface area contributed by atoms with E-state index in [2.05, 4.69) is 34.6 Å². The minimum atomic E-state index is -0.513. The van der Waals surface area contributed by atoms with Crippen molar-refractivity contribution >= 4 is 11.8 Å². The van der Waals surface area contributed by atoms with Crippen molar-refractivity contribution in [3.63, 3.8) is 0 Å². The number of nitrogens with one attached hydrogen (secondary N) is 1. The van der Waals surface area contributed by atoms with Crippen molar-refractivity contribution in [2.24, 2.45) is 0 Å². The molecule has 1 N–H and O–H groups in total. The number of carbonyl (C=O) groups excluding carboxylic acids is 2. The highest BCUT2D eigenvalue weighted by Crippen LogP contribution is 2.27. The SMILES string of the molecule is O=C1NCCCC[C@@H]1N(Cc1ccc(OC2Cc3ccccc3C2)cc1)C(=O)c1ccc(-n2ccnc2)cc1. The molecule has 198 valence electrons. The van der Waals surface area contributed by atoms with Gasteiger partial charge in [-0.2, -0.15) is 0 Å². The van der Waals surface area contributed by atoms with Gasteiger partial charge in [0.1, 0.15) is 17.9 Å². The molecule has 4 aromatic rings. The van der Waals surface area contributed by atoms with Crippen molar-refractivity contribution in [3.05, 3.63) is 114 Å². The molecule has 2 heterocycles. The Labute approximate surface area is 228 Å². The number of amides is 2. The Balaban J connectivity index is 1.19. The van der Waals surface area contributed by atoms with Crippen LogP contribution < -0.4 is 10.1 Å². The zero-order chi connectivity index (χ0) is 26.6. The number of hydrogen-bond acceptors (Lipinski definition) is 4. The van der Waals surface area contributed by atoms with E-state index in [1.54, 1.807) is 17.4 Å². The highest BCUT2D eigenvalue weighted by atomic mass is 16.5. The van der Waals surface area contributed by atoms with E-state index in [4.69, 9.17) is 4.74 Å². The molecule has 0 radical (unpaired) electrons. The second-order valence-electron chi connectivity index (χ2n) is 10.3. The van der Waals surface area contributed by atoms with E-state index in [9.17, 15) is 9.59 Å². The van der Waals surface area contributed by atoms with Crippen LogP contribution in [0, 0.1) is 0 Å². The number of fused-ring (bicyclic) bond motifs is 1. The third kappa shape index (κ3) is 5.58. The molecule has 39 heavy (non-hydrogen) atoms. The maximum atomic E-state index is 13.8. The van der Waals surface area contributed by atoms with Crippen LogP contribution in [0.25, 0.3) is 5.69 Å². The Morgan fingerprint density at radius 1 is 0.974 bits per heavy atom. The maximum absolute atomic E-state index is 13.8. The molecule has 1 aromatic heterocycles. The topological polar surface area (TPSA) is 76.5 Å². The highest BCUT2D eigenvalue weighted by molar-refractivity contribution is 5.97. The predicted molar refractivity (Wildman–Crippen MR) is 149 cm³/mol. The number of ether oxygens (including phenoxy) is 1. The standard InChI is InChI=1S/C32H32N4O3/c37-31-30(7-3-4-16-34-31)36(32(38)24-10-12-27(13-11-24)35-18-17-33-22-35)21-23-8-14-28(15-9-23)39-29-19-25-5-1-2-6-26(25)20-29/h1-2,5-6,8-15,17-18,22,29-30H,3-4,7,16,19-21H2,(H,34,37)/t30-/m0/s1. The van der Waals surface area contributed by atoms with E-state index in [1.165, 1.54) is 11.1 Å². The van der Waals surface area contributed by atoms with E-state index < -0.39 is 6.04 Å². The lowest BCUT2D eigenvalue weighted by atomic mass is 10.0. The Kier molecular flexibility index (Phi) is 7.13. The number of rotatable bonds is 7. The molecule has 0 bridgehead atoms. The zero-order valence-corrected chi connectivity index (χ0v) is 21.8. The highest BCUT2D eigenvalue weighted by Gasteiger charge is 2.31. The van der Waals surface area contributed by atoms with Gasteiger partial charge in [-0.15, -0.1) is 0 Å². The normalized spacial score (nSPS) is 17.2. The summed E-state index contributed by atoms with van der Waals surface area (Å²) in [7, 11) is 0. The van der Waals surface area contributed by atoms with Crippen molar-refractivity contribution in [2.75, 3.05) is 6.54 Å². The summed E-state index contributed by atoms with van der Waals surface area (Å²) in [6, 6.07) is 23.3. The van der Waals surface area contributed by atoms with Crippen molar-refractivity contribution in [1.29, 1.82) is 0 Å². The Hall–Kier alpha value is -4.39. The molecule has 0 spiro atoms. The molecular formula is C32H32N4O3. The predicted octanol–water partition coefficient (Wildman–Crippen LogP) is 4.73. The van der Waals surface area contributed by atoms with Gasteiger partial charge in [0.05, 0.1) is 6.33 Å². The Bertz CT molecular complexity index is 1410. The molecule has 0 saturated carbocycles. The molecule has 2 amide bonds. The van der Waals surface area contributed by atoms with Gasteiger partial charge >= 0.3 is 0 Å². The summed E-state index contributed by atoms with van der Waals surface area (Å²) in [6.07, 6.45) is 9.71. The lowest BCUT2D eigenvalue weighted by Crippen LogP contribution is -2.48. The van der Waals surface area contributed by atoms with E-state index >= 15 is 0 Å². The van der Waals surface area contributed by atoms with Gasteiger partial charge in [0.25, 0.3) is 5.91 Å². The summed E-state index contributed by atoms with van der Waals surface area (Å²) in [5.41, 5.74) is 5.14. The number of imidazole rings is 1. The fourth-order valence-corrected chi connectivity index (χ4v) is 5.56. The molecule has 1 aliphatic heterocycles. The molecule has 7 nitrogen and oxygen atoms in total. The van der Waals surface area contributed by atoms with Crippen LogP contribution in [0.1, 0.15) is 46.3 Å². The largest absolute Gasteiger partial charge is 0.490 e. The number of benzene rings is 3. The molecule has 2 aliphatic rings. The van der Waals surface area contributed by atoms with Gasteiger partial charge in [-0.1, -0.05) is 36.4 Å². The number of nitrogens with zero attached hydrogens (tertiary/aromatic N) is 3. The molecule has 1 aliphatic carbocycles. The number of carbonyl (C=O) groups is 2. The first kappa shape index (κ1) is 24.9. The van der Waals surface area contributed by atoms with Crippen LogP contribution in [-0.2, 0) is 24.2 Å². The summed E-state index contributed by atoms with van der Waals surface area (Å²) in [4.78, 5) is 32.6. The lowest BCUT2D eigenvalue weighted by Gasteiger charge is -2.30. The molecule has 1 saturated heterocycles. The molecule has 0 unspecified atom stereocenters. The van der Waals surface area contributed by atoms with Gasteiger partial charge in [0.15, 0.2) is 0 Å². The Morgan fingerprint density at radius 2 is 1.72 bits per heavy atom. The van der Waals surface area contributed by atoms with Crippen LogP contribution in [0.15, 0.2) is 91.5 Å². The van der Waals surface area contributed by atoms with Crippen LogP contribution in [0.4, 0.5) is 0 Å². The molecule has 1 atom stereocenters. The Morgan fingerprint density at radius 3 is 2.41 bits per heavy atom. The monoisotopic (exact) mass is 520 g/mol. The summed E-state index contributed by atoms with van der Waals surface area (Å²) in [5.74, 6) is 0.576. The van der Waals surface area contributed by atoms with Crippen molar-refractivity contribution < 1.29 is 14.3 Å². The van der Waals surface area contributed by atoms with Crippen LogP contribution >= 0.6 is 0 Å². The molecular weight excluding hydrogens is 488 g/mol. The first-order chi connectivity index (χ1) is 19.1. The van der Waals surface area contributed by atoms with Gasteiger partial charge in [-0.3, -0.25) is 9.59 Å². The minimum Gasteiger partial charge on any atom is -0.490 e. The molecule has 1 fully saturated rings. The molecule has 7 heteroatoms. The fourth-order valence-electron chi connectivity index (χ4n) is 5.56. The number of hydrogen-bond donors (Lipinski definition) is 1. The van der Waals surface area contributed by atoms with Crippen LogP contribution in [-0.4, -0.2) is 45.0 Å². The summed E-state index contributed by atoms with van der Waals surface area (Å²) in [6.45, 7) is 0.989. The average Bonchev–Trinajstić information content (AvgIpc) is 3.60. The first-order valence-electron chi connectivity index (χ1n) is 13.6. The summed E-state index contributed by atoms with van der Waals surface area (Å²) >= 11 is 0. The minimum absolute atomic E-state index is 0.0864. The first-order valence-corrected chi connectivity index (χ1v) is 13.6. The second-order valence-corrected chi connectivity index (χ2v) is 10.3. The molecule has 3 aromatic carbocycles. The summed E-state index contributed by atoms with van der Waals surface area (Å²) < 4.78 is 8.16. The van der Waals surface area contributed by atoms with Gasteiger partial charge in [0.2, 0.25) is 5.91 Å². The van der Waals surface area contributed by atoms with Crippen LogP contribution in [0.2, 0.25) is 0 Å².